The number of nitrogens with one attached hydrogen (secondary N) is 1. The third-order valence-electron chi connectivity index (χ3n) is 4.91. The van der Waals surface area contributed by atoms with Crippen LogP contribution in [0.2, 0.25) is 0 Å². The molecule has 132 valence electrons. The second-order valence-corrected chi connectivity index (χ2v) is 7.45. The Morgan fingerprint density at radius 3 is 2.56 bits per heavy atom. The van der Waals surface area contributed by atoms with E-state index in [1.807, 2.05) is 57.2 Å². The normalized spacial score (nSPS) is 12.0. The van der Waals surface area contributed by atoms with Gasteiger partial charge < -0.3 is 15.2 Å². The van der Waals surface area contributed by atoms with Gasteiger partial charge in [-0.1, -0.05) is 18.2 Å². The van der Waals surface area contributed by atoms with Crippen LogP contribution in [0.1, 0.15) is 19.4 Å². The van der Waals surface area contributed by atoms with Crippen LogP contribution in [-0.2, 0) is 0 Å². The fourth-order valence-corrected chi connectivity index (χ4v) is 4.28. The van der Waals surface area contributed by atoms with Gasteiger partial charge in [-0.25, -0.2) is 0 Å². The molecule has 0 saturated carbocycles. The van der Waals surface area contributed by atoms with Crippen LogP contribution in [-0.4, -0.2) is 30.8 Å². The van der Waals surface area contributed by atoms with E-state index >= 15 is 0 Å². The maximum absolute atomic E-state index is 13.0. The molecule has 1 aromatic heterocycles. The van der Waals surface area contributed by atoms with Gasteiger partial charge in [0.1, 0.15) is 0 Å². The fraction of sp³-hybridized carbons (Fsp3) is 0.350. The Bertz CT molecular complexity index is 961. The third kappa shape index (κ3) is 3.40. The summed E-state index contributed by atoms with van der Waals surface area (Å²) in [5.41, 5.74) is 1.99. The Kier molecular flexibility index (Phi) is 5.08. The van der Waals surface area contributed by atoms with Crippen molar-refractivity contribution in [2.75, 3.05) is 31.5 Å². The highest BCUT2D eigenvalue weighted by Gasteiger charge is 2.14. The zero-order valence-electron chi connectivity index (χ0n) is 15.0. The molecule has 5 heteroatoms. The lowest BCUT2D eigenvalue weighted by molar-refractivity contribution is -0.875. The lowest BCUT2D eigenvalue weighted by atomic mass is 10.1. The van der Waals surface area contributed by atoms with Crippen molar-refractivity contribution in [2.24, 2.45) is 0 Å². The summed E-state index contributed by atoms with van der Waals surface area (Å²) >= 11 is 1.65. The Morgan fingerprint density at radius 2 is 1.84 bits per heavy atom. The minimum atomic E-state index is -0.216. The largest absolute Gasteiger partial charge is 0.633 e. The molecule has 0 bridgehead atoms. The van der Waals surface area contributed by atoms with Gasteiger partial charge in [-0.3, -0.25) is 4.79 Å². The lowest BCUT2D eigenvalue weighted by Gasteiger charge is -2.41. The topological polar surface area (TPSA) is 52.2 Å². The highest BCUT2D eigenvalue weighted by molar-refractivity contribution is 7.24. The SMILES string of the molecule is CC[N+]([O-])(CC)CCNc1ccc(C)c2sc3ccccc3c(=O)c12. The van der Waals surface area contributed by atoms with Gasteiger partial charge in [0.15, 0.2) is 5.43 Å². The molecular weight excluding hydrogens is 332 g/mol. The minimum absolute atomic E-state index is 0.0596. The average molecular weight is 356 g/mol. The second-order valence-electron chi connectivity index (χ2n) is 6.40. The summed E-state index contributed by atoms with van der Waals surface area (Å²) in [5.74, 6) is 0. The maximum Gasteiger partial charge on any atom is 0.197 e. The van der Waals surface area contributed by atoms with Crippen LogP contribution in [0.15, 0.2) is 41.2 Å². The van der Waals surface area contributed by atoms with E-state index in [2.05, 4.69) is 5.32 Å². The Morgan fingerprint density at radius 1 is 1.12 bits per heavy atom. The number of quaternary nitrogens is 1. The molecule has 0 unspecified atom stereocenters. The van der Waals surface area contributed by atoms with Crippen molar-refractivity contribution < 1.29 is 4.65 Å². The maximum atomic E-state index is 13.0. The lowest BCUT2D eigenvalue weighted by Crippen LogP contribution is -2.44. The molecule has 25 heavy (non-hydrogen) atoms. The van der Waals surface area contributed by atoms with Gasteiger partial charge in [0.2, 0.25) is 0 Å². The van der Waals surface area contributed by atoms with E-state index in [1.54, 1.807) is 11.3 Å². The summed E-state index contributed by atoms with van der Waals surface area (Å²) in [6, 6.07) is 11.7. The number of aryl methyl sites for hydroxylation is 1. The van der Waals surface area contributed by atoms with Crippen LogP contribution < -0.4 is 10.7 Å². The van der Waals surface area contributed by atoms with Gasteiger partial charge in [-0.05, 0) is 44.5 Å². The average Bonchev–Trinajstić information content (AvgIpc) is 2.64. The Hall–Kier alpha value is -1.95. The molecule has 2 aromatic carbocycles. The monoisotopic (exact) mass is 356 g/mol. The number of hydroxylamine groups is 3. The van der Waals surface area contributed by atoms with E-state index in [9.17, 15) is 10.0 Å². The quantitative estimate of drug-likeness (QED) is 0.402. The van der Waals surface area contributed by atoms with Crippen molar-refractivity contribution in [3.63, 3.8) is 0 Å². The molecule has 1 heterocycles. The van der Waals surface area contributed by atoms with E-state index in [0.29, 0.717) is 26.2 Å². The van der Waals surface area contributed by atoms with Crippen LogP contribution in [0, 0.1) is 12.1 Å². The molecule has 4 nitrogen and oxygen atoms in total. The predicted octanol–water partition coefficient (Wildman–Crippen LogP) is 4.49. The molecule has 0 radical (unpaired) electrons. The van der Waals surface area contributed by atoms with E-state index in [4.69, 9.17) is 0 Å². The molecule has 0 atom stereocenters. The standard InChI is InChI=1S/C20H24N2O2S/c1-4-22(24,5-2)13-12-21-16-11-10-14(3)20-18(16)19(23)15-8-6-7-9-17(15)25-20/h6-11,21H,4-5,12-13H2,1-3H3. The fourth-order valence-electron chi connectivity index (χ4n) is 3.11. The molecular formula is C20H24N2O2S. The van der Waals surface area contributed by atoms with Gasteiger partial charge in [0.05, 0.1) is 31.6 Å². The molecule has 0 spiro atoms. The van der Waals surface area contributed by atoms with Crippen LogP contribution in [0.4, 0.5) is 5.69 Å². The molecule has 1 N–H and O–H groups in total. The van der Waals surface area contributed by atoms with Gasteiger partial charge in [-0.15, -0.1) is 11.3 Å². The highest BCUT2D eigenvalue weighted by atomic mass is 32.1. The zero-order valence-corrected chi connectivity index (χ0v) is 15.8. The summed E-state index contributed by atoms with van der Waals surface area (Å²) in [4.78, 5) is 13.0. The van der Waals surface area contributed by atoms with Gasteiger partial charge in [-0.2, -0.15) is 0 Å². The van der Waals surface area contributed by atoms with Crippen LogP contribution in [0.3, 0.4) is 0 Å². The summed E-state index contributed by atoms with van der Waals surface area (Å²) in [7, 11) is 0. The molecule has 0 aliphatic rings. The molecule has 3 rings (SSSR count). The first-order valence-electron chi connectivity index (χ1n) is 8.75. The van der Waals surface area contributed by atoms with Crippen molar-refractivity contribution in [3.05, 3.63) is 57.4 Å². The van der Waals surface area contributed by atoms with E-state index in [-0.39, 0.29) is 10.1 Å². The number of fused-ring (bicyclic) bond motifs is 2. The van der Waals surface area contributed by atoms with Crippen molar-refractivity contribution in [1.29, 1.82) is 0 Å². The molecule has 0 aliphatic carbocycles. The van der Waals surface area contributed by atoms with Gasteiger partial charge >= 0.3 is 0 Å². The number of hydrogen-bond donors (Lipinski definition) is 1. The number of rotatable bonds is 6. The number of nitrogens with zero attached hydrogens (tertiary/aromatic N) is 1. The Balaban J connectivity index is 2.03. The number of anilines is 1. The van der Waals surface area contributed by atoms with Gasteiger partial charge in [0.25, 0.3) is 0 Å². The van der Waals surface area contributed by atoms with Crippen molar-refractivity contribution in [2.45, 2.75) is 20.8 Å². The molecule has 3 aromatic rings. The van der Waals surface area contributed by atoms with Crippen LogP contribution >= 0.6 is 11.3 Å². The first-order chi connectivity index (χ1) is 12.0. The number of hydrogen-bond acceptors (Lipinski definition) is 4. The zero-order chi connectivity index (χ0) is 18.0. The van der Waals surface area contributed by atoms with Gasteiger partial charge in [0, 0.05) is 20.5 Å². The van der Waals surface area contributed by atoms with E-state index < -0.39 is 0 Å². The van der Waals surface area contributed by atoms with E-state index in [1.165, 1.54) is 0 Å². The Labute approximate surface area is 151 Å². The molecule has 0 aliphatic heterocycles. The summed E-state index contributed by atoms with van der Waals surface area (Å²) < 4.78 is 1.81. The van der Waals surface area contributed by atoms with Crippen molar-refractivity contribution in [1.82, 2.24) is 0 Å². The molecule has 0 fully saturated rings. The highest BCUT2D eigenvalue weighted by Crippen LogP contribution is 2.31. The van der Waals surface area contributed by atoms with Crippen LogP contribution in [0.25, 0.3) is 20.2 Å². The smallest absolute Gasteiger partial charge is 0.197 e. The molecule has 0 saturated heterocycles. The van der Waals surface area contributed by atoms with E-state index in [0.717, 1.165) is 31.4 Å². The first kappa shape index (κ1) is 17.9. The van der Waals surface area contributed by atoms with Crippen LogP contribution in [0.5, 0.6) is 0 Å². The van der Waals surface area contributed by atoms with Crippen molar-refractivity contribution >= 4 is 37.2 Å². The summed E-state index contributed by atoms with van der Waals surface area (Å²) in [5, 5.41) is 17.3. The third-order valence-corrected chi connectivity index (χ3v) is 6.22. The first-order valence-corrected chi connectivity index (χ1v) is 9.57. The summed E-state index contributed by atoms with van der Waals surface area (Å²) in [6.45, 7) is 8.04. The number of likely N-dealkylation sites (N-methyl/N-ethyl adjacent to an activating group) is 1. The molecule has 0 amide bonds. The number of benzene rings is 2. The summed E-state index contributed by atoms with van der Waals surface area (Å²) in [6.07, 6.45) is 0. The van der Waals surface area contributed by atoms with Crippen molar-refractivity contribution in [3.8, 4) is 0 Å². The minimum Gasteiger partial charge on any atom is -0.633 e. The predicted molar refractivity (Wildman–Crippen MR) is 108 cm³/mol. The second kappa shape index (κ2) is 7.12.